The number of nitrogens with zero attached hydrogens (tertiary/aromatic N) is 1. The molecule has 1 amide bonds. The second-order valence-electron chi connectivity index (χ2n) is 4.70. The van der Waals surface area contributed by atoms with Gasteiger partial charge in [0.25, 0.3) is 0 Å². The summed E-state index contributed by atoms with van der Waals surface area (Å²) in [6.07, 6.45) is 3.92. The van der Waals surface area contributed by atoms with E-state index in [0.717, 1.165) is 36.3 Å². The number of amides is 1. The summed E-state index contributed by atoms with van der Waals surface area (Å²) in [6.45, 7) is 2.57. The number of carbonyl (C=O) groups is 1. The summed E-state index contributed by atoms with van der Waals surface area (Å²) < 4.78 is 0. The summed E-state index contributed by atoms with van der Waals surface area (Å²) >= 11 is 1.59. The van der Waals surface area contributed by atoms with Gasteiger partial charge in [-0.1, -0.05) is 6.42 Å². The SMILES string of the molecule is Cc1ncsc1CNC(=O)C1CCCC(N)C1.Cl.Cl. The summed E-state index contributed by atoms with van der Waals surface area (Å²) in [6, 6.07) is 0.199. The quantitative estimate of drug-likeness (QED) is 0.896. The zero-order valence-corrected chi connectivity index (χ0v) is 13.4. The first-order valence-electron chi connectivity index (χ1n) is 6.09. The van der Waals surface area contributed by atoms with Crippen LogP contribution in [-0.4, -0.2) is 16.9 Å². The lowest BCUT2D eigenvalue weighted by Gasteiger charge is -2.25. The van der Waals surface area contributed by atoms with Crippen molar-refractivity contribution in [2.24, 2.45) is 11.7 Å². The van der Waals surface area contributed by atoms with Crippen molar-refractivity contribution in [3.63, 3.8) is 0 Å². The lowest BCUT2D eigenvalue weighted by atomic mass is 9.85. The van der Waals surface area contributed by atoms with Crippen molar-refractivity contribution in [2.75, 3.05) is 0 Å². The molecule has 2 rings (SSSR count). The molecule has 0 spiro atoms. The number of carbonyl (C=O) groups excluding carboxylic acids is 1. The van der Waals surface area contributed by atoms with Gasteiger partial charge in [-0.2, -0.15) is 0 Å². The summed E-state index contributed by atoms with van der Waals surface area (Å²) in [7, 11) is 0. The van der Waals surface area contributed by atoms with Crippen LogP contribution in [-0.2, 0) is 11.3 Å². The number of aromatic nitrogens is 1. The number of halogens is 2. The van der Waals surface area contributed by atoms with Crippen LogP contribution in [0.1, 0.15) is 36.3 Å². The lowest BCUT2D eigenvalue weighted by Crippen LogP contribution is -2.37. The molecule has 0 aliphatic heterocycles. The van der Waals surface area contributed by atoms with E-state index >= 15 is 0 Å². The zero-order valence-electron chi connectivity index (χ0n) is 10.9. The van der Waals surface area contributed by atoms with Gasteiger partial charge in [-0.3, -0.25) is 4.79 Å². The van der Waals surface area contributed by atoms with Gasteiger partial charge in [0.15, 0.2) is 0 Å². The van der Waals surface area contributed by atoms with Crippen LogP contribution in [0.15, 0.2) is 5.51 Å². The summed E-state index contributed by atoms with van der Waals surface area (Å²) in [5.74, 6) is 0.250. The number of aryl methyl sites for hydroxylation is 1. The predicted octanol–water partition coefficient (Wildman–Crippen LogP) is 2.43. The van der Waals surface area contributed by atoms with Crippen molar-refractivity contribution in [3.05, 3.63) is 16.1 Å². The summed E-state index contributed by atoms with van der Waals surface area (Å²) in [4.78, 5) is 17.3. The minimum absolute atomic E-state index is 0. The van der Waals surface area contributed by atoms with Crippen molar-refractivity contribution >= 4 is 42.1 Å². The molecule has 110 valence electrons. The van der Waals surface area contributed by atoms with Gasteiger partial charge >= 0.3 is 0 Å². The van der Waals surface area contributed by atoms with Gasteiger partial charge in [-0.25, -0.2) is 4.98 Å². The Hall–Kier alpha value is -0.360. The molecular weight excluding hydrogens is 305 g/mol. The molecule has 1 fully saturated rings. The van der Waals surface area contributed by atoms with Gasteiger partial charge in [0, 0.05) is 16.8 Å². The molecule has 2 atom stereocenters. The summed E-state index contributed by atoms with van der Waals surface area (Å²) in [5, 5.41) is 2.99. The largest absolute Gasteiger partial charge is 0.351 e. The van der Waals surface area contributed by atoms with E-state index in [1.165, 1.54) is 0 Å². The maximum Gasteiger partial charge on any atom is 0.223 e. The molecule has 2 unspecified atom stereocenters. The minimum Gasteiger partial charge on any atom is -0.351 e. The van der Waals surface area contributed by atoms with E-state index < -0.39 is 0 Å². The number of thiazole rings is 1. The highest BCUT2D eigenvalue weighted by Crippen LogP contribution is 2.23. The van der Waals surface area contributed by atoms with E-state index in [9.17, 15) is 4.79 Å². The standard InChI is InChI=1S/C12H19N3OS.2ClH/c1-8-11(17-7-15-8)6-14-12(16)9-3-2-4-10(13)5-9;;/h7,9-10H,2-6,13H2,1H3,(H,14,16);2*1H. The van der Waals surface area contributed by atoms with Crippen LogP contribution < -0.4 is 11.1 Å². The molecule has 1 saturated carbocycles. The van der Waals surface area contributed by atoms with Crippen molar-refractivity contribution in [2.45, 2.75) is 45.2 Å². The maximum atomic E-state index is 12.0. The van der Waals surface area contributed by atoms with Gasteiger partial charge < -0.3 is 11.1 Å². The fourth-order valence-electron chi connectivity index (χ4n) is 2.27. The van der Waals surface area contributed by atoms with Crippen LogP contribution in [0.3, 0.4) is 0 Å². The van der Waals surface area contributed by atoms with E-state index in [2.05, 4.69) is 10.3 Å². The monoisotopic (exact) mass is 325 g/mol. The molecule has 3 N–H and O–H groups in total. The minimum atomic E-state index is 0. The first kappa shape index (κ1) is 18.6. The molecule has 0 aromatic carbocycles. The Balaban J connectivity index is 0.00000162. The topological polar surface area (TPSA) is 68.0 Å². The number of hydrogen-bond donors (Lipinski definition) is 2. The van der Waals surface area contributed by atoms with Crippen molar-refractivity contribution in [3.8, 4) is 0 Å². The van der Waals surface area contributed by atoms with Crippen LogP contribution in [0.5, 0.6) is 0 Å². The number of hydrogen-bond acceptors (Lipinski definition) is 4. The fourth-order valence-corrected chi connectivity index (χ4v) is 2.99. The molecule has 19 heavy (non-hydrogen) atoms. The van der Waals surface area contributed by atoms with E-state index in [1.807, 2.05) is 12.4 Å². The molecule has 0 saturated heterocycles. The van der Waals surface area contributed by atoms with E-state index in [0.29, 0.717) is 6.54 Å². The number of nitrogens with two attached hydrogens (primary N) is 1. The average molecular weight is 326 g/mol. The summed E-state index contributed by atoms with van der Waals surface area (Å²) in [5.41, 5.74) is 8.71. The van der Waals surface area contributed by atoms with E-state index in [1.54, 1.807) is 11.3 Å². The second kappa shape index (κ2) is 8.74. The molecule has 7 heteroatoms. The Morgan fingerprint density at radius 1 is 1.53 bits per heavy atom. The maximum absolute atomic E-state index is 12.0. The van der Waals surface area contributed by atoms with Gasteiger partial charge in [0.2, 0.25) is 5.91 Å². The Bertz CT molecular complexity index is 400. The Kier molecular flexibility index (Phi) is 8.57. The zero-order chi connectivity index (χ0) is 12.3. The van der Waals surface area contributed by atoms with E-state index in [-0.39, 0.29) is 42.7 Å². The molecule has 1 aromatic heterocycles. The fraction of sp³-hybridized carbons (Fsp3) is 0.667. The molecule has 1 heterocycles. The normalized spacial score (nSPS) is 22.0. The molecule has 1 aromatic rings. The van der Waals surface area contributed by atoms with Crippen molar-refractivity contribution < 1.29 is 4.79 Å². The molecule has 0 bridgehead atoms. The van der Waals surface area contributed by atoms with Gasteiger partial charge in [0.1, 0.15) is 0 Å². The van der Waals surface area contributed by atoms with Gasteiger partial charge in [-0.05, 0) is 26.2 Å². The molecule has 4 nitrogen and oxygen atoms in total. The highest BCUT2D eigenvalue weighted by Gasteiger charge is 2.25. The van der Waals surface area contributed by atoms with Crippen molar-refractivity contribution in [1.82, 2.24) is 10.3 Å². The lowest BCUT2D eigenvalue weighted by molar-refractivity contribution is -0.126. The van der Waals surface area contributed by atoms with E-state index in [4.69, 9.17) is 5.73 Å². The van der Waals surface area contributed by atoms with Crippen molar-refractivity contribution in [1.29, 1.82) is 0 Å². The Labute approximate surface area is 130 Å². The van der Waals surface area contributed by atoms with Crippen LogP contribution >= 0.6 is 36.2 Å². The highest BCUT2D eigenvalue weighted by molar-refractivity contribution is 7.09. The van der Waals surface area contributed by atoms with Crippen LogP contribution in [0.4, 0.5) is 0 Å². The van der Waals surface area contributed by atoms with Crippen LogP contribution in [0.25, 0.3) is 0 Å². The first-order valence-corrected chi connectivity index (χ1v) is 6.97. The third-order valence-corrected chi connectivity index (χ3v) is 4.29. The van der Waals surface area contributed by atoms with Gasteiger partial charge in [-0.15, -0.1) is 36.2 Å². The van der Waals surface area contributed by atoms with Crippen LogP contribution in [0, 0.1) is 12.8 Å². The average Bonchev–Trinajstić information content (AvgIpc) is 2.72. The second-order valence-corrected chi connectivity index (χ2v) is 5.64. The third kappa shape index (κ3) is 5.26. The highest BCUT2D eigenvalue weighted by atomic mass is 35.5. The van der Waals surface area contributed by atoms with Crippen LogP contribution in [0.2, 0.25) is 0 Å². The number of rotatable bonds is 3. The molecule has 1 aliphatic carbocycles. The van der Waals surface area contributed by atoms with Gasteiger partial charge in [0.05, 0.1) is 17.7 Å². The first-order chi connectivity index (χ1) is 8.16. The predicted molar refractivity (Wildman–Crippen MR) is 83.1 cm³/mol. The third-order valence-electron chi connectivity index (χ3n) is 3.35. The smallest absolute Gasteiger partial charge is 0.223 e. The Morgan fingerprint density at radius 2 is 2.26 bits per heavy atom. The molecule has 1 aliphatic rings. The Morgan fingerprint density at radius 3 is 2.84 bits per heavy atom. The molecular formula is C12H21Cl2N3OS. The number of nitrogens with one attached hydrogen (secondary N) is 1. The molecule has 0 radical (unpaired) electrons.